The minimum Gasteiger partial charge on any atom is -0.508 e. The summed E-state index contributed by atoms with van der Waals surface area (Å²) in [6.45, 7) is 0.443. The summed E-state index contributed by atoms with van der Waals surface area (Å²) in [6, 6.07) is 16.1. The van der Waals surface area contributed by atoms with Crippen molar-refractivity contribution in [2.24, 2.45) is 0 Å². The topological polar surface area (TPSA) is 92.4 Å². The third-order valence-corrected chi connectivity index (χ3v) is 4.27. The number of hydrogen-bond donors (Lipinski definition) is 2. The second-order valence-electron chi connectivity index (χ2n) is 6.03. The van der Waals surface area contributed by atoms with Crippen LogP contribution in [0.25, 0.3) is 17.2 Å². The number of aromatic nitrogens is 4. The van der Waals surface area contributed by atoms with Crippen LogP contribution < -0.4 is 5.32 Å². The van der Waals surface area contributed by atoms with Crippen LogP contribution in [-0.2, 0) is 6.42 Å². The summed E-state index contributed by atoms with van der Waals surface area (Å²) in [6.07, 6.45) is 4.07. The number of nitrogens with zero attached hydrogens (tertiary/aromatic N) is 4. The van der Waals surface area contributed by atoms with Gasteiger partial charge in [0.2, 0.25) is 0 Å². The van der Waals surface area contributed by atoms with E-state index in [0.717, 1.165) is 11.1 Å². The van der Waals surface area contributed by atoms with Crippen molar-refractivity contribution in [2.75, 3.05) is 6.54 Å². The highest BCUT2D eigenvalue weighted by Crippen LogP contribution is 2.18. The molecule has 0 spiro atoms. The zero-order valence-corrected chi connectivity index (χ0v) is 14.4. The van der Waals surface area contributed by atoms with Crippen molar-refractivity contribution in [2.45, 2.75) is 6.42 Å². The second kappa shape index (κ2) is 7.25. The third-order valence-electron chi connectivity index (χ3n) is 4.27. The van der Waals surface area contributed by atoms with E-state index in [0.29, 0.717) is 30.1 Å². The summed E-state index contributed by atoms with van der Waals surface area (Å²) in [5.74, 6) is 1.28. The molecule has 0 aliphatic carbocycles. The van der Waals surface area contributed by atoms with Crippen LogP contribution in [-0.4, -0.2) is 37.1 Å². The van der Waals surface area contributed by atoms with Gasteiger partial charge in [-0.1, -0.05) is 30.3 Å². The Morgan fingerprint density at radius 2 is 1.85 bits per heavy atom. The lowest BCUT2D eigenvalue weighted by atomic mass is 10.1. The van der Waals surface area contributed by atoms with E-state index in [1.807, 2.05) is 36.5 Å². The van der Waals surface area contributed by atoms with Crippen molar-refractivity contribution in [1.82, 2.24) is 24.9 Å². The van der Waals surface area contributed by atoms with Gasteiger partial charge in [-0.15, -0.1) is 10.2 Å². The highest BCUT2D eigenvalue weighted by atomic mass is 16.3. The molecule has 0 saturated heterocycles. The van der Waals surface area contributed by atoms with Crippen LogP contribution in [0.1, 0.15) is 15.9 Å². The number of amides is 1. The molecule has 0 bridgehead atoms. The molecule has 0 radical (unpaired) electrons. The minimum absolute atomic E-state index is 0.162. The van der Waals surface area contributed by atoms with E-state index in [9.17, 15) is 9.90 Å². The van der Waals surface area contributed by atoms with Gasteiger partial charge in [-0.25, -0.2) is 4.98 Å². The Balaban J connectivity index is 1.43. The van der Waals surface area contributed by atoms with E-state index in [1.165, 1.54) is 0 Å². The van der Waals surface area contributed by atoms with Gasteiger partial charge in [0.25, 0.3) is 11.7 Å². The molecule has 0 saturated carbocycles. The average Bonchev–Trinajstić information content (AvgIpc) is 3.14. The van der Waals surface area contributed by atoms with Gasteiger partial charge in [0.05, 0.1) is 0 Å². The Labute approximate surface area is 155 Å². The summed E-state index contributed by atoms with van der Waals surface area (Å²) in [5.41, 5.74) is 2.21. The lowest BCUT2D eigenvalue weighted by Crippen LogP contribution is -2.25. The zero-order valence-electron chi connectivity index (χ0n) is 14.4. The fourth-order valence-corrected chi connectivity index (χ4v) is 2.85. The average molecular weight is 359 g/mol. The van der Waals surface area contributed by atoms with E-state index in [-0.39, 0.29) is 11.7 Å². The first-order chi connectivity index (χ1) is 13.2. The molecule has 0 atom stereocenters. The number of carbonyl (C=O) groups is 1. The van der Waals surface area contributed by atoms with E-state index < -0.39 is 0 Å². The van der Waals surface area contributed by atoms with Crippen molar-refractivity contribution < 1.29 is 9.90 Å². The van der Waals surface area contributed by atoms with Gasteiger partial charge in [-0.05, 0) is 36.2 Å². The summed E-state index contributed by atoms with van der Waals surface area (Å²) in [4.78, 5) is 16.5. The van der Waals surface area contributed by atoms with Crippen LogP contribution in [0.4, 0.5) is 0 Å². The second-order valence-corrected chi connectivity index (χ2v) is 6.03. The molecule has 7 heteroatoms. The quantitative estimate of drug-likeness (QED) is 0.571. The Kier molecular flexibility index (Phi) is 4.49. The number of nitrogens with one attached hydrogen (secondary N) is 1. The summed E-state index contributed by atoms with van der Waals surface area (Å²) < 4.78 is 1.79. The Bertz CT molecular complexity index is 1090. The molecule has 0 unspecified atom stereocenters. The van der Waals surface area contributed by atoms with Crippen LogP contribution in [0.5, 0.6) is 5.75 Å². The summed E-state index contributed by atoms with van der Waals surface area (Å²) >= 11 is 0. The van der Waals surface area contributed by atoms with Crippen molar-refractivity contribution in [3.63, 3.8) is 0 Å². The molecule has 2 aromatic heterocycles. The molecule has 0 aliphatic heterocycles. The summed E-state index contributed by atoms with van der Waals surface area (Å²) in [7, 11) is 0. The zero-order chi connectivity index (χ0) is 18.6. The number of hydrogen-bond acceptors (Lipinski definition) is 5. The van der Waals surface area contributed by atoms with Crippen LogP contribution in [0.3, 0.4) is 0 Å². The maximum Gasteiger partial charge on any atom is 0.255 e. The number of phenols is 1. The normalized spacial score (nSPS) is 10.8. The van der Waals surface area contributed by atoms with Crippen molar-refractivity contribution in [1.29, 1.82) is 0 Å². The number of para-hydroxylation sites is 1. The molecule has 2 aromatic carbocycles. The number of rotatable bonds is 5. The van der Waals surface area contributed by atoms with E-state index in [4.69, 9.17) is 0 Å². The highest BCUT2D eigenvalue weighted by Gasteiger charge is 2.10. The molecule has 0 fully saturated rings. The number of carbonyl (C=O) groups excluding carboxylic acids is 1. The fourth-order valence-electron chi connectivity index (χ4n) is 2.85. The molecule has 4 rings (SSSR count). The van der Waals surface area contributed by atoms with Gasteiger partial charge in [0.1, 0.15) is 5.75 Å². The van der Waals surface area contributed by atoms with Crippen LogP contribution >= 0.6 is 0 Å². The summed E-state index contributed by atoms with van der Waals surface area (Å²) in [5, 5.41) is 20.8. The predicted octanol–water partition coefficient (Wildman–Crippen LogP) is 2.47. The van der Waals surface area contributed by atoms with Gasteiger partial charge >= 0.3 is 0 Å². The van der Waals surface area contributed by atoms with Gasteiger partial charge in [0, 0.05) is 30.1 Å². The number of phenolic OH excluding ortho intramolecular Hbond substituents is 1. The fraction of sp³-hybridized carbons (Fsp3) is 0.100. The highest BCUT2D eigenvalue weighted by molar-refractivity contribution is 5.94. The minimum atomic E-state index is -0.162. The van der Waals surface area contributed by atoms with Crippen molar-refractivity contribution >= 4 is 11.7 Å². The van der Waals surface area contributed by atoms with E-state index in [2.05, 4.69) is 20.5 Å². The lowest BCUT2D eigenvalue weighted by molar-refractivity contribution is 0.0954. The number of fused-ring (bicyclic) bond motifs is 1. The SMILES string of the molecule is O=C(NCCc1ccccc1O)c1ccc(-c2nnc3ncccn23)cc1. The first kappa shape index (κ1) is 16.7. The largest absolute Gasteiger partial charge is 0.508 e. The Morgan fingerprint density at radius 3 is 2.67 bits per heavy atom. The van der Waals surface area contributed by atoms with Gasteiger partial charge in [-0.3, -0.25) is 9.20 Å². The molecule has 27 heavy (non-hydrogen) atoms. The molecule has 134 valence electrons. The number of benzene rings is 2. The van der Waals surface area contributed by atoms with Crippen molar-refractivity contribution in [3.05, 3.63) is 78.1 Å². The van der Waals surface area contributed by atoms with Crippen LogP contribution in [0, 0.1) is 0 Å². The smallest absolute Gasteiger partial charge is 0.255 e. The lowest BCUT2D eigenvalue weighted by Gasteiger charge is -2.07. The van der Waals surface area contributed by atoms with Crippen molar-refractivity contribution in [3.8, 4) is 17.1 Å². The Hall–Kier alpha value is -3.74. The molecule has 0 aliphatic rings. The van der Waals surface area contributed by atoms with Gasteiger partial charge in [0.15, 0.2) is 5.82 Å². The van der Waals surface area contributed by atoms with Gasteiger partial charge < -0.3 is 10.4 Å². The third kappa shape index (κ3) is 3.48. The molecule has 2 heterocycles. The first-order valence-corrected chi connectivity index (χ1v) is 8.53. The van der Waals surface area contributed by atoms with Crippen LogP contribution in [0.2, 0.25) is 0 Å². The van der Waals surface area contributed by atoms with E-state index in [1.54, 1.807) is 34.9 Å². The maximum absolute atomic E-state index is 12.3. The monoisotopic (exact) mass is 359 g/mol. The standard InChI is InChI=1S/C20H17N5O2/c26-17-5-2-1-4-14(17)10-12-21-19(27)16-8-6-15(7-9-16)18-23-24-20-22-11-3-13-25(18)20/h1-9,11,13,26H,10,12H2,(H,21,27). The van der Waals surface area contributed by atoms with Crippen LogP contribution in [0.15, 0.2) is 67.0 Å². The first-order valence-electron chi connectivity index (χ1n) is 8.53. The maximum atomic E-state index is 12.3. The molecular weight excluding hydrogens is 342 g/mol. The molecule has 4 aromatic rings. The molecular formula is C20H17N5O2. The predicted molar refractivity (Wildman–Crippen MR) is 100 cm³/mol. The van der Waals surface area contributed by atoms with E-state index >= 15 is 0 Å². The van der Waals surface area contributed by atoms with Gasteiger partial charge in [-0.2, -0.15) is 0 Å². The Morgan fingerprint density at radius 1 is 1.04 bits per heavy atom. The molecule has 7 nitrogen and oxygen atoms in total. The number of aromatic hydroxyl groups is 1. The molecule has 1 amide bonds. The molecule has 2 N–H and O–H groups in total.